The quantitative estimate of drug-likeness (QED) is 0.910. The molecule has 20 heavy (non-hydrogen) atoms. The molecule has 2 rings (SSSR count). The topological polar surface area (TPSA) is 42.7 Å². The summed E-state index contributed by atoms with van der Waals surface area (Å²) in [6.07, 6.45) is 1.85. The Morgan fingerprint density at radius 3 is 2.55 bits per heavy atom. The highest BCUT2D eigenvalue weighted by molar-refractivity contribution is 5.33. The normalized spacial score (nSPS) is 11.3. The van der Waals surface area contributed by atoms with Crippen molar-refractivity contribution in [2.24, 2.45) is 5.92 Å². The monoisotopic (exact) mass is 272 g/mol. The van der Waals surface area contributed by atoms with Gasteiger partial charge in [-0.25, -0.2) is 9.97 Å². The van der Waals surface area contributed by atoms with Crippen LogP contribution in [0.4, 0.5) is 0 Å². The number of aryl methyl sites for hydroxylation is 2. The van der Waals surface area contributed by atoms with Gasteiger partial charge in [0.2, 0.25) is 0 Å². The van der Waals surface area contributed by atoms with Crippen molar-refractivity contribution in [2.45, 2.75) is 41.2 Å². The lowest BCUT2D eigenvalue weighted by Gasteiger charge is -2.11. The second-order valence-corrected chi connectivity index (χ2v) is 5.79. The van der Waals surface area contributed by atoms with E-state index in [1.807, 2.05) is 24.7 Å². The van der Waals surface area contributed by atoms with Crippen molar-refractivity contribution >= 4 is 0 Å². The summed E-state index contributed by atoms with van der Waals surface area (Å²) in [5.74, 6) is 1.61. The maximum Gasteiger partial charge on any atom is 0.138 e. The Balaban J connectivity index is 2.22. The molecule has 108 valence electrons. The Morgan fingerprint density at radius 1 is 1.20 bits per heavy atom. The molecule has 0 unspecified atom stereocenters. The van der Waals surface area contributed by atoms with Gasteiger partial charge in [0.15, 0.2) is 0 Å². The van der Waals surface area contributed by atoms with Gasteiger partial charge >= 0.3 is 0 Å². The number of hydrogen-bond acceptors (Lipinski definition) is 3. The minimum absolute atomic E-state index is 0.663. The summed E-state index contributed by atoms with van der Waals surface area (Å²) in [7, 11) is 0. The van der Waals surface area contributed by atoms with Gasteiger partial charge in [-0.2, -0.15) is 0 Å². The molecular weight excluding hydrogens is 248 g/mol. The predicted molar refractivity (Wildman–Crippen MR) is 82.1 cm³/mol. The van der Waals surface area contributed by atoms with Gasteiger partial charge in [-0.1, -0.05) is 13.8 Å². The fourth-order valence-corrected chi connectivity index (χ4v) is 2.18. The smallest absolute Gasteiger partial charge is 0.138 e. The minimum Gasteiger partial charge on any atom is -0.312 e. The Kier molecular flexibility index (Phi) is 4.55. The first-order valence-corrected chi connectivity index (χ1v) is 7.16. The molecule has 4 nitrogen and oxygen atoms in total. The van der Waals surface area contributed by atoms with Crippen molar-refractivity contribution in [3.63, 3.8) is 0 Å². The zero-order chi connectivity index (χ0) is 14.7. The van der Waals surface area contributed by atoms with Crippen LogP contribution in [0, 0.1) is 26.7 Å². The van der Waals surface area contributed by atoms with Gasteiger partial charge in [-0.05, 0) is 50.9 Å². The van der Waals surface area contributed by atoms with E-state index in [9.17, 15) is 0 Å². The van der Waals surface area contributed by atoms with Gasteiger partial charge in [0.25, 0.3) is 0 Å². The standard InChI is InChI=1S/C16H24N4/c1-11(2)8-17-9-15-6-12(3)19-16(7-15)20-10-18-13(4)14(20)5/h6-7,10-11,17H,8-9H2,1-5H3. The van der Waals surface area contributed by atoms with E-state index in [0.29, 0.717) is 5.92 Å². The molecule has 0 saturated heterocycles. The number of nitrogens with zero attached hydrogens (tertiary/aromatic N) is 3. The van der Waals surface area contributed by atoms with Crippen LogP contribution in [0.2, 0.25) is 0 Å². The van der Waals surface area contributed by atoms with Gasteiger partial charge in [0, 0.05) is 17.9 Å². The highest BCUT2D eigenvalue weighted by Crippen LogP contribution is 2.14. The molecule has 1 N–H and O–H groups in total. The van der Waals surface area contributed by atoms with E-state index in [1.165, 1.54) is 5.56 Å². The summed E-state index contributed by atoms with van der Waals surface area (Å²) in [5.41, 5.74) is 4.49. The summed E-state index contributed by atoms with van der Waals surface area (Å²) in [4.78, 5) is 8.96. The van der Waals surface area contributed by atoms with Crippen LogP contribution in [0.5, 0.6) is 0 Å². The fraction of sp³-hybridized carbons (Fsp3) is 0.500. The summed E-state index contributed by atoms with van der Waals surface area (Å²) in [6, 6.07) is 4.27. The molecule has 2 aromatic heterocycles. The van der Waals surface area contributed by atoms with Crippen molar-refractivity contribution in [2.75, 3.05) is 6.54 Å². The van der Waals surface area contributed by atoms with Crippen LogP contribution in [0.15, 0.2) is 18.5 Å². The molecule has 0 bridgehead atoms. The lowest BCUT2D eigenvalue weighted by molar-refractivity contribution is 0.552. The molecule has 0 aliphatic rings. The van der Waals surface area contributed by atoms with Crippen molar-refractivity contribution in [3.05, 3.63) is 41.1 Å². The molecule has 0 saturated carbocycles. The second-order valence-electron chi connectivity index (χ2n) is 5.79. The Labute approximate surface area is 121 Å². The average molecular weight is 272 g/mol. The van der Waals surface area contributed by atoms with Crippen LogP contribution in [0.1, 0.15) is 36.5 Å². The third kappa shape index (κ3) is 3.45. The molecule has 0 aliphatic heterocycles. The SMILES string of the molecule is Cc1cc(CNCC(C)C)cc(-n2cnc(C)c2C)n1. The molecule has 0 radical (unpaired) electrons. The fourth-order valence-electron chi connectivity index (χ4n) is 2.18. The lowest BCUT2D eigenvalue weighted by Crippen LogP contribution is -2.19. The zero-order valence-electron chi connectivity index (χ0n) is 13.1. The highest BCUT2D eigenvalue weighted by atomic mass is 15.1. The van der Waals surface area contributed by atoms with Crippen LogP contribution in [0.25, 0.3) is 5.82 Å². The van der Waals surface area contributed by atoms with E-state index in [-0.39, 0.29) is 0 Å². The third-order valence-electron chi connectivity index (χ3n) is 3.38. The second kappa shape index (κ2) is 6.18. The largest absolute Gasteiger partial charge is 0.312 e. The average Bonchev–Trinajstić information content (AvgIpc) is 2.69. The van der Waals surface area contributed by atoms with Crippen molar-refractivity contribution < 1.29 is 0 Å². The highest BCUT2D eigenvalue weighted by Gasteiger charge is 2.07. The van der Waals surface area contributed by atoms with Crippen molar-refractivity contribution in [3.8, 4) is 5.82 Å². The first-order valence-electron chi connectivity index (χ1n) is 7.16. The van der Waals surface area contributed by atoms with Gasteiger partial charge in [-0.3, -0.25) is 4.57 Å². The van der Waals surface area contributed by atoms with E-state index in [4.69, 9.17) is 0 Å². The molecule has 0 amide bonds. The first-order chi connectivity index (χ1) is 9.47. The predicted octanol–water partition coefficient (Wildman–Crippen LogP) is 2.94. The molecule has 0 atom stereocenters. The number of aromatic nitrogens is 3. The number of imidazole rings is 1. The third-order valence-corrected chi connectivity index (χ3v) is 3.38. The molecule has 2 heterocycles. The number of hydrogen-bond donors (Lipinski definition) is 1. The Morgan fingerprint density at radius 2 is 1.95 bits per heavy atom. The number of pyridine rings is 1. The Hall–Kier alpha value is -1.68. The maximum absolute atomic E-state index is 4.62. The van der Waals surface area contributed by atoms with Gasteiger partial charge in [0.1, 0.15) is 12.1 Å². The van der Waals surface area contributed by atoms with Gasteiger partial charge in [0.05, 0.1) is 5.69 Å². The van der Waals surface area contributed by atoms with E-state index >= 15 is 0 Å². The summed E-state index contributed by atoms with van der Waals surface area (Å²) in [6.45, 7) is 12.5. The molecule has 2 aromatic rings. The molecule has 4 heteroatoms. The van der Waals surface area contributed by atoms with Crippen LogP contribution < -0.4 is 5.32 Å². The molecule has 0 aliphatic carbocycles. The molecule has 0 aromatic carbocycles. The van der Waals surface area contributed by atoms with Crippen LogP contribution >= 0.6 is 0 Å². The number of nitrogens with one attached hydrogen (secondary N) is 1. The van der Waals surface area contributed by atoms with Crippen LogP contribution in [-0.2, 0) is 6.54 Å². The van der Waals surface area contributed by atoms with E-state index in [0.717, 1.165) is 36.0 Å². The van der Waals surface area contributed by atoms with Crippen molar-refractivity contribution in [1.82, 2.24) is 19.9 Å². The molecular formula is C16H24N4. The zero-order valence-corrected chi connectivity index (χ0v) is 13.1. The summed E-state index contributed by atoms with van der Waals surface area (Å²) >= 11 is 0. The Bertz CT molecular complexity index is 584. The van der Waals surface area contributed by atoms with Crippen LogP contribution in [0.3, 0.4) is 0 Å². The van der Waals surface area contributed by atoms with E-state index in [1.54, 1.807) is 0 Å². The molecule has 0 fully saturated rings. The summed E-state index contributed by atoms with van der Waals surface area (Å²) < 4.78 is 2.05. The maximum atomic E-state index is 4.62. The van der Waals surface area contributed by atoms with E-state index < -0.39 is 0 Å². The first kappa shape index (κ1) is 14.7. The van der Waals surface area contributed by atoms with Crippen molar-refractivity contribution in [1.29, 1.82) is 0 Å². The van der Waals surface area contributed by atoms with Gasteiger partial charge < -0.3 is 5.32 Å². The summed E-state index contributed by atoms with van der Waals surface area (Å²) in [5, 5.41) is 3.47. The minimum atomic E-state index is 0.663. The van der Waals surface area contributed by atoms with Crippen LogP contribution in [-0.4, -0.2) is 21.1 Å². The van der Waals surface area contributed by atoms with E-state index in [2.05, 4.69) is 48.2 Å². The van der Waals surface area contributed by atoms with Gasteiger partial charge in [-0.15, -0.1) is 0 Å². The number of rotatable bonds is 5. The lowest BCUT2D eigenvalue weighted by atomic mass is 10.2. The molecule has 0 spiro atoms.